The summed E-state index contributed by atoms with van der Waals surface area (Å²) < 4.78 is 10.4. The monoisotopic (exact) mass is 476 g/mol. The second-order valence-electron chi connectivity index (χ2n) is 7.14. The second-order valence-corrected chi connectivity index (χ2v) is 7.99. The fraction of sp³-hybridized carbons (Fsp3) is 0.0833. The Morgan fingerprint density at radius 2 is 1.94 bits per heavy atom. The SMILES string of the molecule is COC(=O)c1cc(-c2csc(NC(=O)c3cccc(COc4ccccc4C(N)=O)c3)n2)c[nH]1. The van der Waals surface area contributed by atoms with E-state index in [1.54, 1.807) is 60.1 Å². The van der Waals surface area contributed by atoms with Crippen molar-refractivity contribution in [2.24, 2.45) is 5.73 Å². The van der Waals surface area contributed by atoms with Gasteiger partial charge in [0.25, 0.3) is 11.8 Å². The van der Waals surface area contributed by atoms with Crippen LogP contribution in [0.15, 0.2) is 66.2 Å². The minimum atomic E-state index is -0.576. The van der Waals surface area contributed by atoms with Crippen molar-refractivity contribution in [2.75, 3.05) is 12.4 Å². The number of methoxy groups -OCH3 is 1. The van der Waals surface area contributed by atoms with Gasteiger partial charge in [0, 0.05) is 22.7 Å². The van der Waals surface area contributed by atoms with Gasteiger partial charge in [-0.3, -0.25) is 14.9 Å². The minimum Gasteiger partial charge on any atom is -0.488 e. The van der Waals surface area contributed by atoms with Crippen LogP contribution in [-0.4, -0.2) is 34.9 Å². The standard InChI is InChI=1S/C24H20N4O5S/c1-32-23(31)18-10-16(11-26-18)19-13-34-24(27-19)28-22(30)15-6-4-5-14(9-15)12-33-20-8-3-2-7-17(20)21(25)29/h2-11,13,26H,12H2,1H3,(H2,25,29)(H,27,28,30). The smallest absolute Gasteiger partial charge is 0.354 e. The number of hydrogen-bond donors (Lipinski definition) is 3. The van der Waals surface area contributed by atoms with Crippen LogP contribution in [0, 0.1) is 0 Å². The number of esters is 1. The van der Waals surface area contributed by atoms with Gasteiger partial charge in [-0.15, -0.1) is 11.3 Å². The van der Waals surface area contributed by atoms with Gasteiger partial charge in [0.15, 0.2) is 5.13 Å². The number of nitrogens with one attached hydrogen (secondary N) is 2. The summed E-state index contributed by atoms with van der Waals surface area (Å²) in [5, 5.41) is 4.97. The zero-order chi connectivity index (χ0) is 24.1. The number of H-pyrrole nitrogens is 1. The molecule has 0 fully saturated rings. The van der Waals surface area contributed by atoms with Gasteiger partial charge in [-0.05, 0) is 35.9 Å². The van der Waals surface area contributed by atoms with Crippen LogP contribution in [0.2, 0.25) is 0 Å². The van der Waals surface area contributed by atoms with E-state index < -0.39 is 11.9 Å². The number of aromatic amines is 1. The number of ether oxygens (including phenoxy) is 2. The van der Waals surface area contributed by atoms with Crippen LogP contribution in [0.25, 0.3) is 11.3 Å². The average Bonchev–Trinajstić information content (AvgIpc) is 3.52. The maximum atomic E-state index is 12.7. The summed E-state index contributed by atoms with van der Waals surface area (Å²) in [6.45, 7) is 0.156. The van der Waals surface area contributed by atoms with Crippen molar-refractivity contribution in [1.29, 1.82) is 0 Å². The first-order chi connectivity index (χ1) is 16.4. The first-order valence-electron chi connectivity index (χ1n) is 10.1. The molecule has 4 aromatic rings. The number of nitrogens with two attached hydrogens (primary N) is 1. The van der Waals surface area contributed by atoms with Gasteiger partial charge < -0.3 is 20.2 Å². The van der Waals surface area contributed by atoms with Crippen molar-refractivity contribution in [2.45, 2.75) is 6.61 Å². The molecule has 0 aliphatic carbocycles. The summed E-state index contributed by atoms with van der Waals surface area (Å²) in [6, 6.07) is 15.3. The Morgan fingerprint density at radius 3 is 2.74 bits per heavy atom. The lowest BCUT2D eigenvalue weighted by Gasteiger charge is -2.10. The number of para-hydroxylation sites is 1. The van der Waals surface area contributed by atoms with E-state index in [2.05, 4.69) is 20.0 Å². The molecule has 0 bridgehead atoms. The summed E-state index contributed by atoms with van der Waals surface area (Å²) in [4.78, 5) is 43.2. The van der Waals surface area contributed by atoms with Crippen LogP contribution in [-0.2, 0) is 11.3 Å². The second kappa shape index (κ2) is 10.0. The number of rotatable bonds is 8. The van der Waals surface area contributed by atoms with Crippen LogP contribution < -0.4 is 15.8 Å². The van der Waals surface area contributed by atoms with Gasteiger partial charge >= 0.3 is 5.97 Å². The lowest BCUT2D eigenvalue weighted by molar-refractivity contribution is 0.0594. The summed E-state index contributed by atoms with van der Waals surface area (Å²) in [6.07, 6.45) is 1.65. The van der Waals surface area contributed by atoms with Gasteiger partial charge in [0.05, 0.1) is 18.4 Å². The van der Waals surface area contributed by atoms with Gasteiger partial charge in [-0.25, -0.2) is 9.78 Å². The van der Waals surface area contributed by atoms with E-state index >= 15 is 0 Å². The molecule has 0 radical (unpaired) electrons. The predicted molar refractivity (Wildman–Crippen MR) is 127 cm³/mol. The number of amides is 2. The molecule has 0 aliphatic heterocycles. The highest BCUT2D eigenvalue weighted by Gasteiger charge is 2.14. The number of anilines is 1. The Hall–Kier alpha value is -4.44. The highest BCUT2D eigenvalue weighted by Crippen LogP contribution is 2.26. The molecule has 0 saturated heterocycles. The molecular formula is C24H20N4O5S. The van der Waals surface area contributed by atoms with E-state index in [1.165, 1.54) is 18.4 Å². The van der Waals surface area contributed by atoms with Crippen LogP contribution in [0.3, 0.4) is 0 Å². The number of primary amides is 1. The Morgan fingerprint density at radius 1 is 1.12 bits per heavy atom. The van der Waals surface area contributed by atoms with Crippen molar-refractivity contribution >= 4 is 34.3 Å². The first kappa shape index (κ1) is 22.7. The van der Waals surface area contributed by atoms with Crippen LogP contribution in [0.5, 0.6) is 5.75 Å². The maximum Gasteiger partial charge on any atom is 0.354 e. The molecule has 34 heavy (non-hydrogen) atoms. The Balaban J connectivity index is 1.42. The molecule has 4 rings (SSSR count). The molecule has 2 aromatic heterocycles. The quantitative estimate of drug-likeness (QED) is 0.330. The van der Waals surface area contributed by atoms with E-state index in [-0.39, 0.29) is 18.1 Å². The van der Waals surface area contributed by atoms with Gasteiger partial charge in [0.1, 0.15) is 18.1 Å². The van der Waals surface area contributed by atoms with Crippen LogP contribution in [0.1, 0.15) is 36.8 Å². The molecule has 9 nitrogen and oxygen atoms in total. The van der Waals surface area contributed by atoms with E-state index in [0.29, 0.717) is 33.4 Å². The molecule has 4 N–H and O–H groups in total. The highest BCUT2D eigenvalue weighted by molar-refractivity contribution is 7.14. The third-order valence-electron chi connectivity index (χ3n) is 4.84. The molecule has 2 amide bonds. The van der Waals surface area contributed by atoms with E-state index in [4.69, 9.17) is 10.5 Å². The summed E-state index contributed by atoms with van der Waals surface area (Å²) in [7, 11) is 1.31. The Kier molecular flexibility index (Phi) is 6.69. The van der Waals surface area contributed by atoms with Crippen molar-refractivity contribution in [3.63, 3.8) is 0 Å². The fourth-order valence-corrected chi connectivity index (χ4v) is 3.88. The number of benzene rings is 2. The summed E-state index contributed by atoms with van der Waals surface area (Å²) >= 11 is 1.27. The molecule has 0 atom stereocenters. The molecule has 0 saturated carbocycles. The summed E-state index contributed by atoms with van der Waals surface area (Å²) in [5.74, 6) is -1.01. The number of aromatic nitrogens is 2. The van der Waals surface area contributed by atoms with Crippen molar-refractivity contribution < 1.29 is 23.9 Å². The Bertz CT molecular complexity index is 1360. The van der Waals surface area contributed by atoms with Gasteiger partial charge in [-0.1, -0.05) is 24.3 Å². The van der Waals surface area contributed by atoms with Crippen molar-refractivity contribution in [3.8, 4) is 17.0 Å². The topological polar surface area (TPSA) is 136 Å². The number of nitrogens with zero attached hydrogens (tertiary/aromatic N) is 1. The van der Waals surface area contributed by atoms with Crippen molar-refractivity contribution in [3.05, 3.63) is 88.6 Å². The van der Waals surface area contributed by atoms with E-state index in [1.807, 2.05) is 6.07 Å². The van der Waals surface area contributed by atoms with Crippen LogP contribution in [0.4, 0.5) is 5.13 Å². The first-order valence-corrected chi connectivity index (χ1v) is 11.0. The molecule has 0 aliphatic rings. The van der Waals surface area contributed by atoms with E-state index in [9.17, 15) is 14.4 Å². The summed E-state index contributed by atoms with van der Waals surface area (Å²) in [5.41, 5.74) is 8.47. The normalized spacial score (nSPS) is 10.5. The largest absolute Gasteiger partial charge is 0.488 e. The number of hydrogen-bond acceptors (Lipinski definition) is 7. The zero-order valence-corrected chi connectivity index (χ0v) is 18.8. The number of carbonyl (C=O) groups excluding carboxylic acids is 3. The van der Waals surface area contributed by atoms with Gasteiger partial charge in [-0.2, -0.15) is 0 Å². The number of thiazole rings is 1. The molecule has 2 heterocycles. The third-order valence-corrected chi connectivity index (χ3v) is 5.60. The predicted octanol–water partition coefficient (Wildman–Crippen LogP) is 3.86. The Labute approximate surface area is 198 Å². The maximum absolute atomic E-state index is 12.7. The van der Waals surface area contributed by atoms with Crippen molar-refractivity contribution in [1.82, 2.24) is 9.97 Å². The minimum absolute atomic E-state index is 0.156. The highest BCUT2D eigenvalue weighted by atomic mass is 32.1. The third kappa shape index (κ3) is 5.13. The zero-order valence-electron chi connectivity index (χ0n) is 18.0. The lowest BCUT2D eigenvalue weighted by atomic mass is 10.1. The average molecular weight is 477 g/mol. The fourth-order valence-electron chi connectivity index (χ4n) is 3.16. The molecule has 0 spiro atoms. The molecule has 172 valence electrons. The number of carbonyl (C=O) groups is 3. The van der Waals surface area contributed by atoms with E-state index in [0.717, 1.165) is 5.56 Å². The molecule has 2 aromatic carbocycles. The molecule has 10 heteroatoms. The van der Waals surface area contributed by atoms with Gasteiger partial charge in [0.2, 0.25) is 0 Å². The lowest BCUT2D eigenvalue weighted by Crippen LogP contribution is -2.13. The molecular weight excluding hydrogens is 456 g/mol. The molecule has 0 unspecified atom stereocenters. The van der Waals surface area contributed by atoms with Crippen LogP contribution >= 0.6 is 11.3 Å².